The SMILES string of the molecule is CN1CCN(C2CCCN(c3cnc(C#N)c(Nc4cccc(OC(N)=O)c4)n3)C2)C1=O. The van der Waals surface area contributed by atoms with Crippen molar-refractivity contribution in [1.82, 2.24) is 19.8 Å². The normalized spacial score (nSPS) is 18.4. The summed E-state index contributed by atoms with van der Waals surface area (Å²) in [6, 6.07) is 8.80. The van der Waals surface area contributed by atoms with Crippen molar-refractivity contribution >= 4 is 29.4 Å². The van der Waals surface area contributed by atoms with Gasteiger partial charge in [0.2, 0.25) is 0 Å². The third-order valence-electron chi connectivity index (χ3n) is 5.59. The Morgan fingerprint density at radius 1 is 1.34 bits per heavy atom. The van der Waals surface area contributed by atoms with Crippen molar-refractivity contribution in [2.75, 3.05) is 43.4 Å². The maximum absolute atomic E-state index is 12.4. The molecule has 1 unspecified atom stereocenters. The Labute approximate surface area is 185 Å². The Kier molecular flexibility index (Phi) is 5.93. The zero-order valence-corrected chi connectivity index (χ0v) is 17.7. The monoisotopic (exact) mass is 436 g/mol. The van der Waals surface area contributed by atoms with Crippen molar-refractivity contribution < 1.29 is 14.3 Å². The molecule has 1 aromatic heterocycles. The van der Waals surface area contributed by atoms with Gasteiger partial charge in [0.05, 0.1) is 12.2 Å². The molecule has 2 saturated heterocycles. The van der Waals surface area contributed by atoms with Crippen molar-refractivity contribution in [3.05, 3.63) is 36.2 Å². The number of ether oxygens (including phenoxy) is 1. The summed E-state index contributed by atoms with van der Waals surface area (Å²) in [5, 5.41) is 12.5. The molecule has 0 aliphatic carbocycles. The second-order valence-corrected chi connectivity index (χ2v) is 7.75. The van der Waals surface area contributed by atoms with Crippen LogP contribution in [0, 0.1) is 11.3 Å². The number of nitrogens with one attached hydrogen (secondary N) is 1. The van der Waals surface area contributed by atoms with E-state index < -0.39 is 6.09 Å². The zero-order chi connectivity index (χ0) is 22.7. The first-order chi connectivity index (χ1) is 15.4. The van der Waals surface area contributed by atoms with Crippen LogP contribution >= 0.6 is 0 Å². The summed E-state index contributed by atoms with van der Waals surface area (Å²) >= 11 is 0. The Balaban J connectivity index is 1.54. The molecule has 2 aliphatic rings. The van der Waals surface area contributed by atoms with Crippen LogP contribution in [0.25, 0.3) is 0 Å². The maximum Gasteiger partial charge on any atom is 0.409 e. The molecular weight excluding hydrogens is 412 g/mol. The number of rotatable bonds is 5. The fourth-order valence-electron chi connectivity index (χ4n) is 4.02. The van der Waals surface area contributed by atoms with Gasteiger partial charge >= 0.3 is 12.1 Å². The maximum atomic E-state index is 12.4. The molecule has 2 aromatic rings. The fraction of sp³-hybridized carbons (Fsp3) is 0.381. The Hall–Kier alpha value is -4.07. The molecule has 11 nitrogen and oxygen atoms in total. The van der Waals surface area contributed by atoms with E-state index in [0.29, 0.717) is 23.9 Å². The van der Waals surface area contributed by atoms with Crippen molar-refractivity contribution in [3.8, 4) is 11.8 Å². The molecule has 3 N–H and O–H groups in total. The number of anilines is 3. The van der Waals surface area contributed by atoms with Gasteiger partial charge < -0.3 is 30.5 Å². The van der Waals surface area contributed by atoms with E-state index in [4.69, 9.17) is 10.5 Å². The molecule has 4 rings (SSSR count). The number of urea groups is 1. The number of carbonyl (C=O) groups is 2. The predicted molar refractivity (Wildman–Crippen MR) is 117 cm³/mol. The Morgan fingerprint density at radius 2 is 2.19 bits per heavy atom. The Bertz CT molecular complexity index is 1070. The highest BCUT2D eigenvalue weighted by molar-refractivity contribution is 5.76. The van der Waals surface area contributed by atoms with Gasteiger partial charge in [0.25, 0.3) is 0 Å². The highest BCUT2D eigenvalue weighted by Crippen LogP contribution is 2.27. The van der Waals surface area contributed by atoms with Gasteiger partial charge in [-0.25, -0.2) is 19.6 Å². The predicted octanol–water partition coefficient (Wildman–Crippen LogP) is 1.89. The molecule has 166 valence electrons. The number of nitriles is 1. The molecule has 3 heterocycles. The lowest BCUT2D eigenvalue weighted by molar-refractivity contribution is 0.175. The smallest absolute Gasteiger partial charge is 0.409 e. The van der Waals surface area contributed by atoms with Crippen LogP contribution in [0.2, 0.25) is 0 Å². The summed E-state index contributed by atoms with van der Waals surface area (Å²) in [5.74, 6) is 1.19. The number of amides is 3. The van der Waals surface area contributed by atoms with E-state index >= 15 is 0 Å². The molecule has 0 spiro atoms. The lowest BCUT2D eigenvalue weighted by Crippen LogP contribution is -2.49. The minimum atomic E-state index is -0.913. The molecule has 2 fully saturated rings. The van der Waals surface area contributed by atoms with Crippen LogP contribution in [-0.2, 0) is 0 Å². The van der Waals surface area contributed by atoms with E-state index in [0.717, 1.165) is 32.5 Å². The van der Waals surface area contributed by atoms with Crippen LogP contribution < -0.4 is 20.7 Å². The molecular formula is C21H24N8O3. The fourth-order valence-corrected chi connectivity index (χ4v) is 4.02. The van der Waals surface area contributed by atoms with E-state index in [1.807, 2.05) is 18.0 Å². The van der Waals surface area contributed by atoms with Crippen LogP contribution in [0.5, 0.6) is 5.75 Å². The minimum absolute atomic E-state index is 0.0585. The number of piperidine rings is 1. The molecule has 11 heteroatoms. The van der Waals surface area contributed by atoms with Crippen LogP contribution in [0.4, 0.5) is 26.9 Å². The van der Waals surface area contributed by atoms with Gasteiger partial charge in [-0.1, -0.05) is 6.07 Å². The summed E-state index contributed by atoms with van der Waals surface area (Å²) in [7, 11) is 1.82. The molecule has 1 atom stereocenters. The van der Waals surface area contributed by atoms with Gasteiger partial charge in [-0.15, -0.1) is 0 Å². The van der Waals surface area contributed by atoms with Crippen LogP contribution in [-0.4, -0.2) is 71.2 Å². The molecule has 0 saturated carbocycles. The van der Waals surface area contributed by atoms with Gasteiger partial charge in [0.1, 0.15) is 17.6 Å². The lowest BCUT2D eigenvalue weighted by atomic mass is 10.0. The lowest BCUT2D eigenvalue weighted by Gasteiger charge is -2.37. The molecule has 32 heavy (non-hydrogen) atoms. The topological polar surface area (TPSA) is 141 Å². The number of hydrogen-bond acceptors (Lipinski definition) is 8. The Morgan fingerprint density at radius 3 is 2.91 bits per heavy atom. The number of aromatic nitrogens is 2. The second kappa shape index (κ2) is 8.97. The van der Waals surface area contributed by atoms with E-state index in [1.54, 1.807) is 35.4 Å². The van der Waals surface area contributed by atoms with Gasteiger partial charge in [0, 0.05) is 45.0 Å². The standard InChI is InChI=1S/C21H24N8O3/c1-27-8-9-29(21(27)31)15-5-3-7-28(13-15)18-12-24-17(11-22)19(26-18)25-14-4-2-6-16(10-14)32-20(23)30/h2,4,6,10,12,15H,3,5,7-9,13H2,1H3,(H2,23,30)(H,25,26). The number of nitrogens with zero attached hydrogens (tertiary/aromatic N) is 6. The van der Waals surface area contributed by atoms with Gasteiger partial charge in [0.15, 0.2) is 11.5 Å². The number of likely N-dealkylation sites (N-methyl/N-ethyl adjacent to an activating group) is 1. The molecule has 2 aliphatic heterocycles. The number of nitrogens with two attached hydrogens (primary N) is 1. The average molecular weight is 436 g/mol. The first-order valence-electron chi connectivity index (χ1n) is 10.3. The van der Waals surface area contributed by atoms with E-state index in [2.05, 4.69) is 20.2 Å². The van der Waals surface area contributed by atoms with E-state index in [-0.39, 0.29) is 23.5 Å². The molecule has 1 aromatic carbocycles. The number of carbonyl (C=O) groups excluding carboxylic acids is 2. The number of hydrogen-bond donors (Lipinski definition) is 2. The average Bonchev–Trinajstić information content (AvgIpc) is 3.12. The summed E-state index contributed by atoms with van der Waals surface area (Å²) in [4.78, 5) is 38.0. The van der Waals surface area contributed by atoms with Crippen LogP contribution in [0.15, 0.2) is 30.5 Å². The zero-order valence-electron chi connectivity index (χ0n) is 17.7. The molecule has 0 radical (unpaired) electrons. The minimum Gasteiger partial charge on any atom is -0.410 e. The van der Waals surface area contributed by atoms with E-state index in [1.165, 1.54) is 0 Å². The number of benzene rings is 1. The first-order valence-corrected chi connectivity index (χ1v) is 10.3. The van der Waals surface area contributed by atoms with Crippen molar-refractivity contribution in [1.29, 1.82) is 5.26 Å². The van der Waals surface area contributed by atoms with Gasteiger partial charge in [-0.05, 0) is 25.0 Å². The summed E-state index contributed by atoms with van der Waals surface area (Å²) in [6.45, 7) is 2.90. The van der Waals surface area contributed by atoms with Crippen LogP contribution in [0.3, 0.4) is 0 Å². The highest BCUT2D eigenvalue weighted by atomic mass is 16.5. The van der Waals surface area contributed by atoms with Gasteiger partial charge in [-0.2, -0.15) is 5.26 Å². The summed E-state index contributed by atoms with van der Waals surface area (Å²) in [6.07, 6.45) is 2.53. The summed E-state index contributed by atoms with van der Waals surface area (Å²) < 4.78 is 4.90. The van der Waals surface area contributed by atoms with E-state index in [9.17, 15) is 14.9 Å². The van der Waals surface area contributed by atoms with Crippen molar-refractivity contribution in [2.45, 2.75) is 18.9 Å². The first kappa shape index (κ1) is 21.2. The quantitative estimate of drug-likeness (QED) is 0.724. The van der Waals surface area contributed by atoms with Crippen molar-refractivity contribution in [2.24, 2.45) is 5.73 Å². The molecule has 3 amide bonds. The third kappa shape index (κ3) is 4.49. The third-order valence-corrected chi connectivity index (χ3v) is 5.59. The second-order valence-electron chi connectivity index (χ2n) is 7.75. The van der Waals surface area contributed by atoms with Crippen LogP contribution in [0.1, 0.15) is 18.5 Å². The largest absolute Gasteiger partial charge is 0.410 e. The van der Waals surface area contributed by atoms with Crippen molar-refractivity contribution in [3.63, 3.8) is 0 Å². The van der Waals surface area contributed by atoms with Gasteiger partial charge in [-0.3, -0.25) is 0 Å². The highest BCUT2D eigenvalue weighted by Gasteiger charge is 2.34. The number of primary amides is 1. The summed E-state index contributed by atoms with van der Waals surface area (Å²) in [5.41, 5.74) is 5.77. The molecule has 0 bridgehead atoms.